The molecule has 0 fully saturated rings. The molecule has 0 bridgehead atoms. The number of allylic oxidation sites excluding steroid dienone is 1. The summed E-state index contributed by atoms with van der Waals surface area (Å²) in [5, 5.41) is 0. The molecule has 1 rings (SSSR count). The van der Waals surface area contributed by atoms with E-state index < -0.39 is 11.9 Å². The van der Waals surface area contributed by atoms with E-state index in [1.54, 1.807) is 19.9 Å². The number of cyclic esters (lactones) is 1. The van der Waals surface area contributed by atoms with Crippen LogP contribution < -0.4 is 0 Å². The topological polar surface area (TPSA) is 52.6 Å². The van der Waals surface area contributed by atoms with E-state index in [0.29, 0.717) is 23.3 Å². The Balaban J connectivity index is 3.04. The molecule has 17 heavy (non-hydrogen) atoms. The zero-order valence-corrected chi connectivity index (χ0v) is 10.5. The van der Waals surface area contributed by atoms with E-state index in [1.165, 1.54) is 0 Å². The first-order valence-electron chi connectivity index (χ1n) is 5.94. The summed E-state index contributed by atoms with van der Waals surface area (Å²) in [5.74, 6) is -0.577. The molecule has 0 aromatic rings. The van der Waals surface area contributed by atoms with Crippen molar-refractivity contribution in [1.29, 1.82) is 0 Å². The number of unbranched alkanes of at least 4 members (excludes halogenated alkanes) is 1. The Morgan fingerprint density at radius 3 is 2.65 bits per heavy atom. The molecule has 1 aliphatic rings. The SMILES string of the molecule is CC=C1OC(=O)C(CCCC)=C1C(=O)OCC. The third-order valence-corrected chi connectivity index (χ3v) is 2.52. The standard InChI is InChI=1S/C13H18O4/c1-4-7-8-9-11(13(15)16-6-3)10(5-2)17-12(9)14/h5H,4,6-8H2,1-3H3. The maximum Gasteiger partial charge on any atom is 0.342 e. The number of esters is 2. The van der Waals surface area contributed by atoms with Gasteiger partial charge in [-0.15, -0.1) is 0 Å². The number of ether oxygens (including phenoxy) is 2. The summed E-state index contributed by atoms with van der Waals surface area (Å²) in [4.78, 5) is 23.4. The zero-order valence-electron chi connectivity index (χ0n) is 10.5. The average Bonchev–Trinajstić information content (AvgIpc) is 2.63. The van der Waals surface area contributed by atoms with Crippen molar-refractivity contribution in [3.05, 3.63) is 23.0 Å². The van der Waals surface area contributed by atoms with E-state index in [9.17, 15) is 9.59 Å². The van der Waals surface area contributed by atoms with Crippen molar-refractivity contribution in [2.45, 2.75) is 40.0 Å². The van der Waals surface area contributed by atoms with E-state index in [4.69, 9.17) is 9.47 Å². The predicted molar refractivity (Wildman–Crippen MR) is 63.0 cm³/mol. The average molecular weight is 238 g/mol. The summed E-state index contributed by atoms with van der Waals surface area (Å²) in [7, 11) is 0. The first-order valence-corrected chi connectivity index (χ1v) is 5.94. The normalized spacial score (nSPS) is 17.6. The molecular formula is C13H18O4. The molecule has 0 amide bonds. The predicted octanol–water partition coefficient (Wildman–Crippen LogP) is 2.50. The molecule has 0 aromatic heterocycles. The summed E-state index contributed by atoms with van der Waals surface area (Å²) in [6, 6.07) is 0. The zero-order chi connectivity index (χ0) is 12.8. The van der Waals surface area contributed by atoms with E-state index in [2.05, 4.69) is 0 Å². The number of carbonyl (C=O) groups excluding carboxylic acids is 2. The van der Waals surface area contributed by atoms with Gasteiger partial charge < -0.3 is 9.47 Å². The summed E-state index contributed by atoms with van der Waals surface area (Å²) < 4.78 is 9.99. The lowest BCUT2D eigenvalue weighted by molar-refractivity contribution is -0.138. The Morgan fingerprint density at radius 2 is 2.12 bits per heavy atom. The molecule has 4 nitrogen and oxygen atoms in total. The van der Waals surface area contributed by atoms with E-state index >= 15 is 0 Å². The number of rotatable bonds is 5. The highest BCUT2D eigenvalue weighted by atomic mass is 16.6. The van der Waals surface area contributed by atoms with Crippen LogP contribution in [0, 0.1) is 0 Å². The minimum Gasteiger partial charge on any atom is -0.462 e. The van der Waals surface area contributed by atoms with Crippen molar-refractivity contribution in [2.75, 3.05) is 6.61 Å². The summed E-state index contributed by atoms with van der Waals surface area (Å²) >= 11 is 0. The second kappa shape index (κ2) is 6.23. The molecule has 1 heterocycles. The van der Waals surface area contributed by atoms with Crippen LogP contribution in [0.3, 0.4) is 0 Å². The van der Waals surface area contributed by atoms with Crippen LogP contribution in [-0.2, 0) is 19.1 Å². The molecule has 0 aliphatic carbocycles. The van der Waals surface area contributed by atoms with Gasteiger partial charge in [0.2, 0.25) is 0 Å². The third-order valence-electron chi connectivity index (χ3n) is 2.52. The summed E-state index contributed by atoms with van der Waals surface area (Å²) in [6.07, 6.45) is 3.98. The molecule has 4 heteroatoms. The Hall–Kier alpha value is -1.58. The number of hydrogen-bond acceptors (Lipinski definition) is 4. The van der Waals surface area contributed by atoms with Crippen molar-refractivity contribution in [3.63, 3.8) is 0 Å². The molecule has 0 spiro atoms. The van der Waals surface area contributed by atoms with Gasteiger partial charge >= 0.3 is 11.9 Å². The lowest BCUT2D eigenvalue weighted by Gasteiger charge is -2.04. The second-order valence-corrected chi connectivity index (χ2v) is 3.72. The van der Waals surface area contributed by atoms with E-state index in [-0.39, 0.29) is 6.61 Å². The van der Waals surface area contributed by atoms with Crippen molar-refractivity contribution in [2.24, 2.45) is 0 Å². The van der Waals surface area contributed by atoms with Crippen LogP contribution in [0.25, 0.3) is 0 Å². The highest BCUT2D eigenvalue weighted by molar-refractivity contribution is 6.07. The van der Waals surface area contributed by atoms with Crippen LogP contribution in [0.1, 0.15) is 40.0 Å². The van der Waals surface area contributed by atoms with Crippen molar-refractivity contribution in [3.8, 4) is 0 Å². The smallest absolute Gasteiger partial charge is 0.342 e. The van der Waals surface area contributed by atoms with Crippen molar-refractivity contribution < 1.29 is 19.1 Å². The summed E-state index contributed by atoms with van der Waals surface area (Å²) in [5.41, 5.74) is 0.742. The highest BCUT2D eigenvalue weighted by Crippen LogP contribution is 2.30. The van der Waals surface area contributed by atoms with E-state index in [0.717, 1.165) is 12.8 Å². The fourth-order valence-corrected chi connectivity index (χ4v) is 1.67. The molecule has 1 aliphatic heterocycles. The molecule has 94 valence electrons. The molecule has 0 unspecified atom stereocenters. The van der Waals surface area contributed by atoms with Crippen LogP contribution in [0.5, 0.6) is 0 Å². The van der Waals surface area contributed by atoms with Gasteiger partial charge in [0, 0.05) is 0 Å². The molecular weight excluding hydrogens is 220 g/mol. The Morgan fingerprint density at radius 1 is 1.41 bits per heavy atom. The first kappa shape index (κ1) is 13.5. The first-order chi connectivity index (χ1) is 8.15. The van der Waals surface area contributed by atoms with Crippen LogP contribution in [0.4, 0.5) is 0 Å². The van der Waals surface area contributed by atoms with E-state index in [1.807, 2.05) is 6.92 Å². The maximum absolute atomic E-state index is 11.8. The van der Waals surface area contributed by atoms with Crippen molar-refractivity contribution in [1.82, 2.24) is 0 Å². The second-order valence-electron chi connectivity index (χ2n) is 3.72. The quantitative estimate of drug-likeness (QED) is 0.690. The fraction of sp³-hybridized carbons (Fsp3) is 0.538. The van der Waals surface area contributed by atoms with Gasteiger partial charge in [0.05, 0.1) is 12.2 Å². The van der Waals surface area contributed by atoms with Crippen LogP contribution in [0.15, 0.2) is 23.0 Å². The highest BCUT2D eigenvalue weighted by Gasteiger charge is 2.34. The molecule has 0 atom stereocenters. The molecule has 0 saturated carbocycles. The van der Waals surface area contributed by atoms with Gasteiger partial charge in [0.25, 0.3) is 0 Å². The van der Waals surface area contributed by atoms with Crippen molar-refractivity contribution >= 4 is 11.9 Å². The van der Waals surface area contributed by atoms with Gasteiger partial charge in [-0.3, -0.25) is 0 Å². The fourth-order valence-electron chi connectivity index (χ4n) is 1.67. The van der Waals surface area contributed by atoms with Crippen LogP contribution in [-0.4, -0.2) is 18.5 Å². The number of carbonyl (C=O) groups is 2. The lowest BCUT2D eigenvalue weighted by atomic mass is 10.0. The largest absolute Gasteiger partial charge is 0.462 e. The van der Waals surface area contributed by atoms with Crippen LogP contribution >= 0.6 is 0 Å². The van der Waals surface area contributed by atoms with Gasteiger partial charge in [0.1, 0.15) is 11.3 Å². The molecule has 0 saturated heterocycles. The minimum atomic E-state index is -0.474. The molecule has 0 radical (unpaired) electrons. The molecule has 0 aromatic carbocycles. The maximum atomic E-state index is 11.8. The Labute approximate surface area is 101 Å². The third kappa shape index (κ3) is 2.96. The van der Waals surface area contributed by atoms with Crippen LogP contribution in [0.2, 0.25) is 0 Å². The van der Waals surface area contributed by atoms with Gasteiger partial charge in [0.15, 0.2) is 0 Å². The Kier molecular flexibility index (Phi) is 4.94. The molecule has 0 N–H and O–H groups in total. The monoisotopic (exact) mass is 238 g/mol. The Bertz CT molecular complexity index is 377. The van der Waals surface area contributed by atoms with Gasteiger partial charge in [-0.1, -0.05) is 13.3 Å². The summed E-state index contributed by atoms with van der Waals surface area (Å²) in [6.45, 7) is 5.78. The van der Waals surface area contributed by atoms with Gasteiger partial charge in [-0.2, -0.15) is 0 Å². The number of hydrogen-bond donors (Lipinski definition) is 0. The minimum absolute atomic E-state index is 0.286. The van der Waals surface area contributed by atoms with Gasteiger partial charge in [-0.25, -0.2) is 9.59 Å². The van der Waals surface area contributed by atoms with Gasteiger partial charge in [-0.05, 0) is 32.8 Å². The lowest BCUT2D eigenvalue weighted by Crippen LogP contribution is -2.09.